The minimum absolute atomic E-state index is 0.0868. The molecule has 1 aromatic carbocycles. The van der Waals surface area contributed by atoms with Crippen molar-refractivity contribution >= 4 is 23.4 Å². The molecule has 2 heterocycles. The van der Waals surface area contributed by atoms with Crippen LogP contribution in [0.15, 0.2) is 35.9 Å². The summed E-state index contributed by atoms with van der Waals surface area (Å²) >= 11 is 0. The van der Waals surface area contributed by atoms with Gasteiger partial charge in [0.05, 0.1) is 12.6 Å². The molecule has 7 heteroatoms. The molecule has 1 N–H and O–H groups in total. The summed E-state index contributed by atoms with van der Waals surface area (Å²) in [4.78, 5) is 17.9. The molecule has 1 unspecified atom stereocenters. The van der Waals surface area contributed by atoms with Gasteiger partial charge in [-0.15, -0.1) is 0 Å². The predicted octanol–water partition coefficient (Wildman–Crippen LogP) is 4.39. The highest BCUT2D eigenvalue weighted by atomic mass is 16.5. The van der Waals surface area contributed by atoms with E-state index in [0.717, 1.165) is 54.7 Å². The zero-order valence-corrected chi connectivity index (χ0v) is 21.4. The number of benzene rings is 1. The first-order valence-electron chi connectivity index (χ1n) is 12.6. The van der Waals surface area contributed by atoms with Crippen LogP contribution in [0.3, 0.4) is 0 Å². The molecule has 1 saturated carbocycles. The van der Waals surface area contributed by atoms with Gasteiger partial charge in [0.1, 0.15) is 11.6 Å². The Hall–Kier alpha value is -3.08. The number of ether oxygens (including phenoxy) is 1. The van der Waals surface area contributed by atoms with Crippen LogP contribution >= 0.6 is 0 Å². The van der Waals surface area contributed by atoms with Crippen LogP contribution in [0.25, 0.3) is 6.08 Å². The molecule has 1 aliphatic carbocycles. The molecule has 1 aliphatic heterocycles. The van der Waals surface area contributed by atoms with Gasteiger partial charge in [-0.2, -0.15) is 5.26 Å². The lowest BCUT2D eigenvalue weighted by Crippen LogP contribution is -2.47. The molecule has 2 fully saturated rings. The largest absolute Gasteiger partial charge is 0.383 e. The van der Waals surface area contributed by atoms with Gasteiger partial charge in [-0.1, -0.05) is 6.07 Å². The quantitative estimate of drug-likeness (QED) is 0.430. The molecule has 35 heavy (non-hydrogen) atoms. The van der Waals surface area contributed by atoms with E-state index in [1.807, 2.05) is 38.1 Å². The Morgan fingerprint density at radius 1 is 1.23 bits per heavy atom. The summed E-state index contributed by atoms with van der Waals surface area (Å²) in [6.45, 7) is 12.1. The van der Waals surface area contributed by atoms with E-state index >= 15 is 0 Å². The molecule has 2 aromatic rings. The third-order valence-electron chi connectivity index (χ3n) is 7.09. The first kappa shape index (κ1) is 25.0. The van der Waals surface area contributed by atoms with Crippen LogP contribution < -0.4 is 10.2 Å². The molecular formula is C28H37N5O2. The van der Waals surface area contributed by atoms with Crippen LogP contribution in [-0.2, 0) is 9.53 Å². The molecule has 4 rings (SSSR count). The topological polar surface area (TPSA) is 73.5 Å². The van der Waals surface area contributed by atoms with Gasteiger partial charge in [0, 0.05) is 62.6 Å². The van der Waals surface area contributed by atoms with Crippen molar-refractivity contribution in [1.29, 1.82) is 5.26 Å². The second-order valence-electron chi connectivity index (χ2n) is 9.91. The molecule has 1 saturated heterocycles. The number of methoxy groups -OCH3 is 1. The monoisotopic (exact) mass is 475 g/mol. The predicted molar refractivity (Wildman–Crippen MR) is 141 cm³/mol. The lowest BCUT2D eigenvalue weighted by molar-refractivity contribution is -0.112. The van der Waals surface area contributed by atoms with E-state index in [9.17, 15) is 10.1 Å². The Morgan fingerprint density at radius 2 is 1.97 bits per heavy atom. The number of rotatable bonds is 9. The molecule has 7 nitrogen and oxygen atoms in total. The van der Waals surface area contributed by atoms with Crippen LogP contribution in [0.1, 0.15) is 42.8 Å². The molecule has 186 valence electrons. The van der Waals surface area contributed by atoms with Gasteiger partial charge in [0.2, 0.25) is 0 Å². The third kappa shape index (κ3) is 6.14. The van der Waals surface area contributed by atoms with Crippen molar-refractivity contribution in [1.82, 2.24) is 9.47 Å². The first-order chi connectivity index (χ1) is 16.9. The van der Waals surface area contributed by atoms with Crippen LogP contribution in [0.5, 0.6) is 0 Å². The number of anilines is 2. The average Bonchev–Trinajstić information content (AvgIpc) is 3.61. The van der Waals surface area contributed by atoms with Crippen LogP contribution in [0, 0.1) is 31.1 Å². The minimum atomic E-state index is -0.395. The smallest absolute Gasteiger partial charge is 0.266 e. The number of hydrogen-bond acceptors (Lipinski definition) is 5. The highest BCUT2D eigenvalue weighted by Crippen LogP contribution is 2.30. The summed E-state index contributed by atoms with van der Waals surface area (Å²) in [5, 5.41) is 12.7. The zero-order valence-electron chi connectivity index (χ0n) is 21.4. The number of aromatic nitrogens is 1. The van der Waals surface area contributed by atoms with Gasteiger partial charge in [0.25, 0.3) is 5.91 Å². The number of nitriles is 1. The number of carbonyl (C=O) groups is 1. The summed E-state index contributed by atoms with van der Waals surface area (Å²) in [5.41, 5.74) is 4.84. The van der Waals surface area contributed by atoms with Crippen molar-refractivity contribution < 1.29 is 9.53 Å². The summed E-state index contributed by atoms with van der Waals surface area (Å²) < 4.78 is 7.48. The number of nitrogens with one attached hydrogen (secondary N) is 1. The molecule has 0 spiro atoms. The molecule has 1 atom stereocenters. The second-order valence-corrected chi connectivity index (χ2v) is 9.91. The van der Waals surface area contributed by atoms with Gasteiger partial charge in [-0.05, 0) is 75.4 Å². The number of amides is 1. The third-order valence-corrected chi connectivity index (χ3v) is 7.09. The van der Waals surface area contributed by atoms with Gasteiger partial charge >= 0.3 is 0 Å². The fourth-order valence-electron chi connectivity index (χ4n) is 5.08. The highest BCUT2D eigenvalue weighted by Gasteiger charge is 2.26. The van der Waals surface area contributed by atoms with Crippen molar-refractivity contribution in [3.05, 3.63) is 52.9 Å². The van der Waals surface area contributed by atoms with E-state index in [2.05, 4.69) is 38.7 Å². The molecule has 1 aromatic heterocycles. The number of carbonyl (C=O) groups excluding carboxylic acids is 1. The summed E-state index contributed by atoms with van der Waals surface area (Å²) in [6.07, 6.45) is 4.45. The second kappa shape index (κ2) is 11.1. The van der Waals surface area contributed by atoms with E-state index < -0.39 is 5.91 Å². The van der Waals surface area contributed by atoms with Crippen molar-refractivity contribution in [3.8, 4) is 6.07 Å². The first-order valence-corrected chi connectivity index (χ1v) is 12.6. The summed E-state index contributed by atoms with van der Waals surface area (Å²) in [7, 11) is 1.69. The Bertz CT molecular complexity index is 1120. The maximum atomic E-state index is 13.0. The van der Waals surface area contributed by atoms with Crippen molar-refractivity contribution in [2.75, 3.05) is 56.7 Å². The Labute approximate surface area is 209 Å². The van der Waals surface area contributed by atoms with Crippen LogP contribution in [0.2, 0.25) is 0 Å². The number of aryl methyl sites for hydroxylation is 1. The van der Waals surface area contributed by atoms with Crippen molar-refractivity contribution in [2.45, 2.75) is 39.7 Å². The van der Waals surface area contributed by atoms with Gasteiger partial charge < -0.3 is 19.5 Å². The standard InChI is InChI=1S/C28H37N5O2/c1-20-14-24(22(3)33(20)21(2)19-35-4)15-25(17-29)28(34)30-26-6-5-7-27(16-26)32-12-10-31(11-13-32)18-23-8-9-23/h5-7,14-16,21,23H,8-13,18-19H2,1-4H3,(H,30,34)/b25-15+. The maximum absolute atomic E-state index is 13.0. The summed E-state index contributed by atoms with van der Waals surface area (Å²) in [5.74, 6) is 0.524. The maximum Gasteiger partial charge on any atom is 0.266 e. The van der Waals surface area contributed by atoms with E-state index in [0.29, 0.717) is 12.3 Å². The van der Waals surface area contributed by atoms with Gasteiger partial charge in [0.15, 0.2) is 0 Å². The van der Waals surface area contributed by atoms with Gasteiger partial charge in [-0.25, -0.2) is 0 Å². The zero-order chi connectivity index (χ0) is 24.9. The van der Waals surface area contributed by atoms with E-state index in [-0.39, 0.29) is 11.6 Å². The molecule has 1 amide bonds. The fourth-order valence-corrected chi connectivity index (χ4v) is 5.08. The normalized spacial score (nSPS) is 17.8. The number of hydrogen-bond donors (Lipinski definition) is 1. The van der Waals surface area contributed by atoms with E-state index in [1.54, 1.807) is 13.2 Å². The SMILES string of the molecule is COCC(C)n1c(C)cc(/C=C(\C#N)C(=O)Nc2cccc(N3CCN(CC4CC4)CC3)c2)c1C. The van der Waals surface area contributed by atoms with Crippen molar-refractivity contribution in [3.63, 3.8) is 0 Å². The van der Waals surface area contributed by atoms with Gasteiger partial charge in [-0.3, -0.25) is 9.69 Å². The number of piperazine rings is 1. The van der Waals surface area contributed by atoms with E-state index in [4.69, 9.17) is 4.74 Å². The average molecular weight is 476 g/mol. The van der Waals surface area contributed by atoms with Crippen molar-refractivity contribution in [2.24, 2.45) is 5.92 Å². The summed E-state index contributed by atoms with van der Waals surface area (Å²) in [6, 6.07) is 12.2. The molecule has 0 radical (unpaired) electrons. The van der Waals surface area contributed by atoms with Crippen LogP contribution in [0.4, 0.5) is 11.4 Å². The molecule has 0 bridgehead atoms. The lowest BCUT2D eigenvalue weighted by Gasteiger charge is -2.36. The number of nitrogens with zero attached hydrogens (tertiary/aromatic N) is 4. The lowest BCUT2D eigenvalue weighted by atomic mass is 10.1. The molecule has 2 aliphatic rings. The Kier molecular flexibility index (Phi) is 7.94. The van der Waals surface area contributed by atoms with Crippen LogP contribution in [-0.4, -0.2) is 61.8 Å². The minimum Gasteiger partial charge on any atom is -0.383 e. The van der Waals surface area contributed by atoms with E-state index in [1.165, 1.54) is 19.4 Å². The Morgan fingerprint density at radius 3 is 2.63 bits per heavy atom. The molecular weight excluding hydrogens is 438 g/mol. The fraction of sp³-hybridized carbons (Fsp3) is 0.500. The Balaban J connectivity index is 1.43. The highest BCUT2D eigenvalue weighted by molar-refractivity contribution is 6.09.